The lowest BCUT2D eigenvalue weighted by Gasteiger charge is -2.32. The number of carbonyl (C=O) groups is 3. The Labute approximate surface area is 219 Å². The number of carboxylic acid groups (broad SMARTS) is 1. The van der Waals surface area contributed by atoms with E-state index >= 15 is 0 Å². The van der Waals surface area contributed by atoms with E-state index in [-0.39, 0.29) is 23.3 Å². The molecule has 1 saturated heterocycles. The molecule has 11 heteroatoms. The first-order valence-corrected chi connectivity index (χ1v) is 12.4. The molecular weight excluding hydrogens is 486 g/mol. The second-order valence-corrected chi connectivity index (χ2v) is 10.0. The molecule has 1 fully saturated rings. The highest BCUT2D eigenvalue weighted by molar-refractivity contribution is 6.10. The second-order valence-electron chi connectivity index (χ2n) is 10.0. The van der Waals surface area contributed by atoms with E-state index in [1.165, 1.54) is 6.20 Å². The van der Waals surface area contributed by atoms with Crippen LogP contribution in [0.15, 0.2) is 48.7 Å². The van der Waals surface area contributed by atoms with Crippen molar-refractivity contribution in [2.45, 2.75) is 38.1 Å². The van der Waals surface area contributed by atoms with Crippen LogP contribution in [0.3, 0.4) is 0 Å². The quantitative estimate of drug-likeness (QED) is 0.333. The highest BCUT2D eigenvalue weighted by Gasteiger charge is 2.40. The number of primary amides is 1. The molecule has 5 rings (SSSR count). The predicted molar refractivity (Wildman–Crippen MR) is 144 cm³/mol. The molecule has 2 aliphatic rings. The molecule has 0 unspecified atom stereocenters. The number of piperidine rings is 1. The van der Waals surface area contributed by atoms with Gasteiger partial charge in [0.2, 0.25) is 11.9 Å². The molecule has 6 N–H and O–H groups in total. The van der Waals surface area contributed by atoms with Crippen molar-refractivity contribution in [2.75, 3.05) is 28.6 Å². The lowest BCUT2D eigenvalue weighted by molar-refractivity contribution is -0.119. The number of anilines is 4. The Bertz CT molecular complexity index is 1420. The number of benzene rings is 2. The van der Waals surface area contributed by atoms with Gasteiger partial charge in [-0.15, -0.1) is 0 Å². The van der Waals surface area contributed by atoms with Gasteiger partial charge in [-0.25, -0.2) is 9.78 Å². The van der Waals surface area contributed by atoms with Crippen molar-refractivity contribution in [3.8, 4) is 11.1 Å². The SMILES string of the molecule is CC1(C)C(=O)Nc2c(-c3ccccc3)cc(Nc3nc(N4CCC[C@H](NC(=O)O)C4)ncc3C(N)=O)cc21. The summed E-state index contributed by atoms with van der Waals surface area (Å²) in [4.78, 5) is 47.0. The number of fused-ring (bicyclic) bond motifs is 1. The first kappa shape index (κ1) is 25.0. The third-order valence-corrected chi connectivity index (χ3v) is 7.04. The summed E-state index contributed by atoms with van der Waals surface area (Å²) >= 11 is 0. The molecule has 1 aromatic heterocycles. The van der Waals surface area contributed by atoms with E-state index in [0.717, 1.165) is 28.8 Å². The molecule has 196 valence electrons. The Morgan fingerprint density at radius 3 is 2.68 bits per heavy atom. The number of hydrogen-bond donors (Lipinski definition) is 5. The van der Waals surface area contributed by atoms with E-state index in [0.29, 0.717) is 31.1 Å². The summed E-state index contributed by atoms with van der Waals surface area (Å²) in [6.07, 6.45) is 1.77. The van der Waals surface area contributed by atoms with E-state index in [4.69, 9.17) is 10.8 Å². The molecule has 2 aromatic carbocycles. The number of nitrogens with two attached hydrogens (primary N) is 1. The van der Waals surface area contributed by atoms with E-state index in [2.05, 4.69) is 25.9 Å². The van der Waals surface area contributed by atoms with Crippen LogP contribution in [0.1, 0.15) is 42.6 Å². The fourth-order valence-corrected chi connectivity index (χ4v) is 4.97. The highest BCUT2D eigenvalue weighted by Crippen LogP contribution is 2.45. The number of carbonyl (C=O) groups excluding carboxylic acids is 2. The number of aromatic nitrogens is 2. The lowest BCUT2D eigenvalue weighted by Crippen LogP contribution is -2.48. The minimum atomic E-state index is -1.08. The normalized spacial score (nSPS) is 17.9. The second kappa shape index (κ2) is 9.66. The smallest absolute Gasteiger partial charge is 0.404 e. The molecule has 0 radical (unpaired) electrons. The summed E-state index contributed by atoms with van der Waals surface area (Å²) in [7, 11) is 0. The van der Waals surface area contributed by atoms with E-state index in [1.807, 2.05) is 61.2 Å². The van der Waals surface area contributed by atoms with Crippen molar-refractivity contribution >= 4 is 41.0 Å². The van der Waals surface area contributed by atoms with Gasteiger partial charge in [-0.1, -0.05) is 30.3 Å². The molecule has 3 aromatic rings. The minimum Gasteiger partial charge on any atom is -0.465 e. The number of hydrogen-bond acceptors (Lipinski definition) is 7. The van der Waals surface area contributed by atoms with E-state index in [1.54, 1.807) is 0 Å². The van der Waals surface area contributed by atoms with Crippen LogP contribution in [-0.2, 0) is 10.2 Å². The summed E-state index contributed by atoms with van der Waals surface area (Å²) in [6, 6.07) is 13.2. The molecule has 0 saturated carbocycles. The largest absolute Gasteiger partial charge is 0.465 e. The molecular formula is C27H29N7O4. The molecule has 11 nitrogen and oxygen atoms in total. The monoisotopic (exact) mass is 515 g/mol. The van der Waals surface area contributed by atoms with Crippen molar-refractivity contribution in [1.82, 2.24) is 15.3 Å². The summed E-state index contributed by atoms with van der Waals surface area (Å²) < 4.78 is 0. The van der Waals surface area contributed by atoms with E-state index in [9.17, 15) is 14.4 Å². The third kappa shape index (κ3) is 4.70. The Kier molecular flexibility index (Phi) is 6.35. The van der Waals surface area contributed by atoms with Gasteiger partial charge in [-0.3, -0.25) is 9.59 Å². The summed E-state index contributed by atoms with van der Waals surface area (Å²) in [5, 5.41) is 17.9. The van der Waals surface area contributed by atoms with Gasteiger partial charge in [-0.05, 0) is 49.9 Å². The summed E-state index contributed by atoms with van der Waals surface area (Å²) in [5.41, 5.74) is 8.95. The summed E-state index contributed by atoms with van der Waals surface area (Å²) in [5.74, 6) is -0.204. The molecule has 2 aliphatic heterocycles. The van der Waals surface area contributed by atoms with Crippen LogP contribution < -0.4 is 26.6 Å². The van der Waals surface area contributed by atoms with Crippen molar-refractivity contribution in [3.63, 3.8) is 0 Å². The Morgan fingerprint density at radius 1 is 1.21 bits per heavy atom. The maximum Gasteiger partial charge on any atom is 0.404 e. The van der Waals surface area contributed by atoms with Gasteiger partial charge >= 0.3 is 6.09 Å². The van der Waals surface area contributed by atoms with Crippen molar-refractivity contribution in [3.05, 3.63) is 59.8 Å². The van der Waals surface area contributed by atoms with Gasteiger partial charge in [0, 0.05) is 36.6 Å². The zero-order chi connectivity index (χ0) is 27.0. The Balaban J connectivity index is 1.54. The van der Waals surface area contributed by atoms with Crippen LogP contribution >= 0.6 is 0 Å². The summed E-state index contributed by atoms with van der Waals surface area (Å²) in [6.45, 7) is 4.78. The van der Waals surface area contributed by atoms with Crippen LogP contribution in [0.25, 0.3) is 11.1 Å². The van der Waals surface area contributed by atoms with Gasteiger partial charge in [-0.2, -0.15) is 4.98 Å². The van der Waals surface area contributed by atoms with Gasteiger partial charge in [0.05, 0.1) is 11.1 Å². The van der Waals surface area contributed by atoms with Crippen LogP contribution in [-0.4, -0.2) is 52.1 Å². The molecule has 3 heterocycles. The number of nitrogens with one attached hydrogen (secondary N) is 3. The zero-order valence-corrected chi connectivity index (χ0v) is 21.1. The number of amides is 3. The Morgan fingerprint density at radius 2 is 1.97 bits per heavy atom. The highest BCUT2D eigenvalue weighted by atomic mass is 16.4. The fourth-order valence-electron chi connectivity index (χ4n) is 4.97. The van der Waals surface area contributed by atoms with Gasteiger partial charge < -0.3 is 31.7 Å². The average molecular weight is 516 g/mol. The number of rotatable bonds is 6. The van der Waals surface area contributed by atoms with Crippen molar-refractivity contribution in [1.29, 1.82) is 0 Å². The average Bonchev–Trinajstić information content (AvgIpc) is 3.12. The van der Waals surface area contributed by atoms with E-state index < -0.39 is 17.4 Å². The van der Waals surface area contributed by atoms with Gasteiger partial charge in [0.25, 0.3) is 5.91 Å². The predicted octanol–water partition coefficient (Wildman–Crippen LogP) is 3.45. The van der Waals surface area contributed by atoms with Crippen LogP contribution in [0.5, 0.6) is 0 Å². The van der Waals surface area contributed by atoms with Crippen LogP contribution in [0, 0.1) is 0 Å². The standard InChI is InChI=1S/C27H29N7O4/c1-27(2)20-12-17(11-18(21(20)32-24(27)36)15-7-4-3-5-8-15)30-23-19(22(28)35)13-29-25(33-23)34-10-6-9-16(14-34)31-26(37)38/h3-5,7-8,11-13,16,31H,6,9-10,14H2,1-2H3,(H2,28,35)(H,32,36)(H,37,38)(H,29,30,33)/t16-/m0/s1. The zero-order valence-electron chi connectivity index (χ0n) is 21.1. The maximum absolute atomic E-state index is 12.8. The fraction of sp³-hybridized carbons (Fsp3) is 0.296. The molecule has 3 amide bonds. The van der Waals surface area contributed by atoms with Crippen molar-refractivity contribution in [2.24, 2.45) is 5.73 Å². The third-order valence-electron chi connectivity index (χ3n) is 7.04. The molecule has 38 heavy (non-hydrogen) atoms. The molecule has 0 bridgehead atoms. The van der Waals surface area contributed by atoms with Gasteiger partial charge in [0.1, 0.15) is 11.4 Å². The number of nitrogens with zero attached hydrogens (tertiary/aromatic N) is 3. The molecule has 0 aliphatic carbocycles. The maximum atomic E-state index is 12.8. The van der Waals surface area contributed by atoms with Gasteiger partial charge in [0.15, 0.2) is 0 Å². The lowest BCUT2D eigenvalue weighted by atomic mass is 9.84. The van der Waals surface area contributed by atoms with Crippen molar-refractivity contribution < 1.29 is 19.5 Å². The molecule has 0 spiro atoms. The Hall–Kier alpha value is -4.67. The molecule has 1 atom stereocenters. The van der Waals surface area contributed by atoms with Crippen LogP contribution in [0.4, 0.5) is 27.9 Å². The van der Waals surface area contributed by atoms with Crippen LogP contribution in [0.2, 0.25) is 0 Å². The topological polar surface area (TPSA) is 163 Å². The first-order valence-electron chi connectivity index (χ1n) is 12.4. The first-order chi connectivity index (χ1) is 18.1. The minimum absolute atomic E-state index is 0.0985.